The zero-order valence-corrected chi connectivity index (χ0v) is 17.6. The van der Waals surface area contributed by atoms with Crippen LogP contribution in [0.25, 0.3) is 5.57 Å². The Morgan fingerprint density at radius 1 is 0.912 bits per heavy atom. The minimum absolute atomic E-state index is 0.0449. The summed E-state index contributed by atoms with van der Waals surface area (Å²) < 4.78 is 39.5. The Morgan fingerprint density at radius 2 is 1.59 bits per heavy atom. The number of carbonyl (C=O) groups is 2. The standard InChI is InChI=1S/C24H16F3N3O4/c1-14-4-2-7-19(12-14)29-22(31)20(15-8-10-18(11-9-15)30(33)34)21(23(29)32)28-17-6-3-5-16(13-17)24(25,26)27/h2-13,28H,1H3. The highest BCUT2D eigenvalue weighted by molar-refractivity contribution is 6.46. The number of aryl methyl sites for hydroxylation is 1. The second-order valence-electron chi connectivity index (χ2n) is 7.54. The van der Waals surface area contributed by atoms with Crippen LogP contribution in [0.15, 0.2) is 78.5 Å². The van der Waals surface area contributed by atoms with E-state index in [-0.39, 0.29) is 33.9 Å². The van der Waals surface area contributed by atoms with E-state index in [0.717, 1.165) is 22.6 Å². The fourth-order valence-electron chi connectivity index (χ4n) is 3.58. The monoisotopic (exact) mass is 467 g/mol. The molecule has 4 rings (SSSR count). The van der Waals surface area contributed by atoms with Gasteiger partial charge in [-0.1, -0.05) is 18.2 Å². The van der Waals surface area contributed by atoms with Crippen molar-refractivity contribution in [3.8, 4) is 0 Å². The Bertz CT molecular complexity index is 1350. The van der Waals surface area contributed by atoms with Crippen molar-refractivity contribution in [1.29, 1.82) is 0 Å². The Kier molecular flexibility index (Phi) is 5.66. The molecule has 2 amide bonds. The molecular weight excluding hydrogens is 451 g/mol. The van der Waals surface area contributed by atoms with Crippen molar-refractivity contribution in [2.75, 3.05) is 10.2 Å². The van der Waals surface area contributed by atoms with E-state index in [1.807, 2.05) is 0 Å². The number of anilines is 2. The molecule has 0 unspecified atom stereocenters. The molecule has 1 aliphatic rings. The summed E-state index contributed by atoms with van der Waals surface area (Å²) in [5.74, 6) is -1.47. The summed E-state index contributed by atoms with van der Waals surface area (Å²) in [6, 6.07) is 15.8. The van der Waals surface area contributed by atoms with Crippen molar-refractivity contribution in [1.82, 2.24) is 0 Å². The zero-order chi connectivity index (χ0) is 24.6. The van der Waals surface area contributed by atoms with E-state index in [1.54, 1.807) is 31.2 Å². The third-order valence-corrected chi connectivity index (χ3v) is 5.17. The molecule has 0 saturated carbocycles. The molecular formula is C24H16F3N3O4. The highest BCUT2D eigenvalue weighted by Gasteiger charge is 2.40. The van der Waals surface area contributed by atoms with Gasteiger partial charge in [-0.2, -0.15) is 13.2 Å². The topological polar surface area (TPSA) is 92.6 Å². The first kappa shape index (κ1) is 22.7. The summed E-state index contributed by atoms with van der Waals surface area (Å²) in [5.41, 5.74) is -0.264. The van der Waals surface area contributed by atoms with E-state index in [2.05, 4.69) is 5.32 Å². The molecule has 0 fully saturated rings. The maximum atomic E-state index is 13.4. The van der Waals surface area contributed by atoms with Gasteiger partial charge in [-0.05, 0) is 60.5 Å². The average Bonchev–Trinajstić information content (AvgIpc) is 3.02. The smallest absolute Gasteiger partial charge is 0.350 e. The van der Waals surface area contributed by atoms with Crippen LogP contribution in [0.4, 0.5) is 30.2 Å². The van der Waals surface area contributed by atoms with Gasteiger partial charge in [0, 0.05) is 17.8 Å². The number of benzene rings is 3. The number of hydrogen-bond donors (Lipinski definition) is 1. The van der Waals surface area contributed by atoms with Crippen molar-refractivity contribution in [2.45, 2.75) is 13.1 Å². The third kappa shape index (κ3) is 4.25. The van der Waals surface area contributed by atoms with Crippen LogP contribution in [0.2, 0.25) is 0 Å². The molecule has 0 atom stereocenters. The number of hydrogen-bond acceptors (Lipinski definition) is 5. The molecule has 0 saturated heterocycles. The summed E-state index contributed by atoms with van der Waals surface area (Å²) in [4.78, 5) is 38.0. The lowest BCUT2D eigenvalue weighted by Gasteiger charge is -2.16. The van der Waals surface area contributed by atoms with Gasteiger partial charge in [-0.15, -0.1) is 0 Å². The van der Waals surface area contributed by atoms with Gasteiger partial charge in [0.1, 0.15) is 5.70 Å². The van der Waals surface area contributed by atoms with Crippen LogP contribution < -0.4 is 10.2 Å². The van der Waals surface area contributed by atoms with Gasteiger partial charge < -0.3 is 5.32 Å². The number of alkyl halides is 3. The molecule has 1 N–H and O–H groups in total. The first-order valence-electron chi connectivity index (χ1n) is 9.95. The van der Waals surface area contributed by atoms with E-state index in [0.29, 0.717) is 0 Å². The Labute approximate surface area is 191 Å². The van der Waals surface area contributed by atoms with Crippen molar-refractivity contribution < 1.29 is 27.7 Å². The Morgan fingerprint density at radius 3 is 2.21 bits per heavy atom. The number of imide groups is 1. The number of nitro groups is 1. The van der Waals surface area contributed by atoms with Crippen LogP contribution in [-0.4, -0.2) is 16.7 Å². The van der Waals surface area contributed by atoms with Crippen molar-refractivity contribution >= 4 is 34.4 Å². The van der Waals surface area contributed by atoms with Crippen LogP contribution >= 0.6 is 0 Å². The second kappa shape index (κ2) is 8.47. The lowest BCUT2D eigenvalue weighted by molar-refractivity contribution is -0.384. The molecule has 0 radical (unpaired) electrons. The number of carbonyl (C=O) groups excluding carboxylic acids is 2. The molecule has 1 heterocycles. The SMILES string of the molecule is Cc1cccc(N2C(=O)C(Nc3cccc(C(F)(F)F)c3)=C(c3ccc([N+](=O)[O-])cc3)C2=O)c1. The number of amides is 2. The van der Waals surface area contributed by atoms with Gasteiger partial charge >= 0.3 is 6.18 Å². The number of nitrogens with zero attached hydrogens (tertiary/aromatic N) is 2. The predicted octanol–water partition coefficient (Wildman–Crippen LogP) is 5.32. The molecule has 34 heavy (non-hydrogen) atoms. The van der Waals surface area contributed by atoms with Gasteiger partial charge in [-0.3, -0.25) is 19.7 Å². The molecule has 1 aliphatic heterocycles. The second-order valence-corrected chi connectivity index (χ2v) is 7.54. The molecule has 0 aromatic heterocycles. The van der Waals surface area contributed by atoms with E-state index < -0.39 is 28.5 Å². The first-order chi connectivity index (χ1) is 16.1. The van der Waals surface area contributed by atoms with E-state index >= 15 is 0 Å². The maximum absolute atomic E-state index is 13.4. The molecule has 172 valence electrons. The molecule has 0 spiro atoms. The van der Waals surface area contributed by atoms with Crippen LogP contribution in [0.3, 0.4) is 0 Å². The van der Waals surface area contributed by atoms with Gasteiger partial charge in [0.15, 0.2) is 0 Å². The van der Waals surface area contributed by atoms with Crippen molar-refractivity contribution in [3.63, 3.8) is 0 Å². The molecule has 0 aliphatic carbocycles. The minimum Gasteiger partial charge on any atom is -0.350 e. The average molecular weight is 467 g/mol. The number of rotatable bonds is 5. The highest BCUT2D eigenvalue weighted by atomic mass is 19.4. The lowest BCUT2D eigenvalue weighted by Crippen LogP contribution is -2.32. The summed E-state index contributed by atoms with van der Waals surface area (Å²) in [7, 11) is 0. The zero-order valence-electron chi connectivity index (χ0n) is 17.6. The molecule has 3 aromatic rings. The summed E-state index contributed by atoms with van der Waals surface area (Å²) in [6.45, 7) is 1.78. The van der Waals surface area contributed by atoms with Crippen LogP contribution in [0.1, 0.15) is 16.7 Å². The van der Waals surface area contributed by atoms with Gasteiger partial charge in [-0.25, -0.2) is 4.90 Å². The first-order valence-corrected chi connectivity index (χ1v) is 9.95. The van der Waals surface area contributed by atoms with Crippen molar-refractivity contribution in [3.05, 3.63) is 105 Å². The fourth-order valence-corrected chi connectivity index (χ4v) is 3.58. The molecule has 7 nitrogen and oxygen atoms in total. The van der Waals surface area contributed by atoms with Crippen molar-refractivity contribution in [2.24, 2.45) is 0 Å². The summed E-state index contributed by atoms with van der Waals surface area (Å²) >= 11 is 0. The Hall–Kier alpha value is -4.47. The largest absolute Gasteiger partial charge is 0.416 e. The summed E-state index contributed by atoms with van der Waals surface area (Å²) in [5, 5.41) is 13.7. The van der Waals surface area contributed by atoms with E-state index in [1.165, 1.54) is 36.4 Å². The van der Waals surface area contributed by atoms with Gasteiger partial charge in [0.05, 0.1) is 21.7 Å². The Balaban J connectivity index is 1.82. The van der Waals surface area contributed by atoms with E-state index in [4.69, 9.17) is 0 Å². The van der Waals surface area contributed by atoms with Crippen LogP contribution in [-0.2, 0) is 15.8 Å². The molecule has 10 heteroatoms. The maximum Gasteiger partial charge on any atom is 0.416 e. The minimum atomic E-state index is -4.60. The quantitative estimate of drug-likeness (QED) is 0.312. The molecule has 0 bridgehead atoms. The van der Waals surface area contributed by atoms with Crippen LogP contribution in [0.5, 0.6) is 0 Å². The number of nitrogens with one attached hydrogen (secondary N) is 1. The highest BCUT2D eigenvalue weighted by Crippen LogP contribution is 2.36. The third-order valence-electron chi connectivity index (χ3n) is 5.17. The normalized spacial score (nSPS) is 14.1. The number of halogens is 3. The van der Waals surface area contributed by atoms with Gasteiger partial charge in [0.25, 0.3) is 17.5 Å². The van der Waals surface area contributed by atoms with E-state index in [9.17, 15) is 32.9 Å². The predicted molar refractivity (Wildman–Crippen MR) is 119 cm³/mol. The van der Waals surface area contributed by atoms with Crippen LogP contribution in [0, 0.1) is 17.0 Å². The fraction of sp³-hybridized carbons (Fsp3) is 0.0833. The van der Waals surface area contributed by atoms with Gasteiger partial charge in [0.2, 0.25) is 0 Å². The molecule has 3 aromatic carbocycles. The lowest BCUT2D eigenvalue weighted by atomic mass is 10.0. The number of non-ortho nitro benzene ring substituents is 1. The number of nitro benzene ring substituents is 1. The summed E-state index contributed by atoms with van der Waals surface area (Å²) in [6.07, 6.45) is -4.60.